The highest BCUT2D eigenvalue weighted by Gasteiger charge is 2.41. The fourth-order valence-electron chi connectivity index (χ4n) is 2.60. The van der Waals surface area contributed by atoms with E-state index in [0.29, 0.717) is 6.42 Å². The van der Waals surface area contributed by atoms with Crippen molar-refractivity contribution >= 4 is 33.9 Å². The van der Waals surface area contributed by atoms with E-state index in [0.717, 1.165) is 12.5 Å². The minimum Gasteiger partial charge on any atom is -0.493 e. The second kappa shape index (κ2) is 8.58. The zero-order chi connectivity index (χ0) is 22.8. The van der Waals surface area contributed by atoms with Crippen LogP contribution in [-0.4, -0.2) is 46.8 Å². The van der Waals surface area contributed by atoms with Crippen LogP contribution < -0.4 is 15.0 Å². The number of carbonyl (C=O) groups excluding carboxylic acids is 2. The summed E-state index contributed by atoms with van der Waals surface area (Å²) in [6.07, 6.45) is -3.75. The number of aromatic nitrogens is 3. The lowest BCUT2D eigenvalue weighted by molar-refractivity contribution is -0.189. The molecule has 0 aliphatic carbocycles. The first-order valence-electron chi connectivity index (χ1n) is 9.03. The molecule has 3 rings (SSSR count). The van der Waals surface area contributed by atoms with Gasteiger partial charge in [0.2, 0.25) is 5.82 Å². The standard InChI is InChI=1S/C19H16F3N3O6/c1-3-4-5-30-17(27)15-24-14-10(16(26)25-15)6-9-7-13(31-18(28)19(20,21)22)12(29-2)8-11(9)23-14/h6-8H,3-5H2,1-2H3,(H,23,24,25,26). The molecule has 3 aromatic rings. The van der Waals surface area contributed by atoms with Crippen molar-refractivity contribution < 1.29 is 37.0 Å². The van der Waals surface area contributed by atoms with Gasteiger partial charge in [0.05, 0.1) is 24.6 Å². The molecule has 0 unspecified atom stereocenters. The molecular weight excluding hydrogens is 423 g/mol. The van der Waals surface area contributed by atoms with Gasteiger partial charge in [0.15, 0.2) is 17.1 Å². The molecular formula is C19H16F3N3O6. The topological polar surface area (TPSA) is 120 Å². The summed E-state index contributed by atoms with van der Waals surface area (Å²) in [5.41, 5.74) is -0.605. The molecule has 0 atom stereocenters. The number of fused-ring (bicyclic) bond motifs is 2. The van der Waals surface area contributed by atoms with Gasteiger partial charge in [-0.05, 0) is 18.6 Å². The fourth-order valence-corrected chi connectivity index (χ4v) is 2.60. The third-order valence-corrected chi connectivity index (χ3v) is 4.13. The zero-order valence-corrected chi connectivity index (χ0v) is 16.3. The largest absolute Gasteiger partial charge is 0.493 e. The molecule has 31 heavy (non-hydrogen) atoms. The Kier molecular flexibility index (Phi) is 6.09. The van der Waals surface area contributed by atoms with E-state index in [1.54, 1.807) is 0 Å². The highest BCUT2D eigenvalue weighted by molar-refractivity contribution is 5.94. The van der Waals surface area contributed by atoms with Crippen molar-refractivity contribution in [1.29, 1.82) is 0 Å². The van der Waals surface area contributed by atoms with Gasteiger partial charge in [0.1, 0.15) is 0 Å². The number of hydrogen-bond acceptors (Lipinski definition) is 8. The van der Waals surface area contributed by atoms with Crippen LogP contribution in [0, 0.1) is 0 Å². The van der Waals surface area contributed by atoms with E-state index in [1.807, 2.05) is 6.92 Å². The summed E-state index contributed by atoms with van der Waals surface area (Å²) in [6, 6.07) is 3.59. The molecule has 1 aromatic carbocycles. The van der Waals surface area contributed by atoms with Crippen LogP contribution in [-0.2, 0) is 9.53 Å². The Morgan fingerprint density at radius 1 is 1.13 bits per heavy atom. The van der Waals surface area contributed by atoms with Crippen LogP contribution in [0.3, 0.4) is 0 Å². The molecule has 164 valence electrons. The van der Waals surface area contributed by atoms with Gasteiger partial charge in [-0.2, -0.15) is 13.2 Å². The number of nitrogens with zero attached hydrogens (tertiary/aromatic N) is 2. The number of esters is 2. The van der Waals surface area contributed by atoms with E-state index in [9.17, 15) is 27.6 Å². The molecule has 1 N–H and O–H groups in total. The maximum atomic E-state index is 12.5. The molecule has 0 radical (unpaired) electrons. The highest BCUT2D eigenvalue weighted by atomic mass is 19.4. The number of rotatable bonds is 6. The maximum Gasteiger partial charge on any atom is 0.491 e. The number of methoxy groups -OCH3 is 1. The Labute approximate surface area is 172 Å². The highest BCUT2D eigenvalue weighted by Crippen LogP contribution is 2.34. The van der Waals surface area contributed by atoms with Crippen LogP contribution in [0.4, 0.5) is 13.2 Å². The predicted molar refractivity (Wildman–Crippen MR) is 101 cm³/mol. The van der Waals surface area contributed by atoms with E-state index in [1.165, 1.54) is 19.2 Å². The van der Waals surface area contributed by atoms with Crippen LogP contribution in [0.1, 0.15) is 30.4 Å². The summed E-state index contributed by atoms with van der Waals surface area (Å²) in [5.74, 6) is -4.27. The molecule has 0 aliphatic rings. The lowest BCUT2D eigenvalue weighted by Gasteiger charge is -2.12. The van der Waals surface area contributed by atoms with E-state index in [2.05, 4.69) is 19.7 Å². The lowest BCUT2D eigenvalue weighted by Crippen LogP contribution is -2.28. The second-order valence-corrected chi connectivity index (χ2v) is 6.35. The maximum absolute atomic E-state index is 12.5. The molecule has 0 spiro atoms. The minimum atomic E-state index is -5.20. The lowest BCUT2D eigenvalue weighted by atomic mass is 10.1. The minimum absolute atomic E-state index is 0.0316. The van der Waals surface area contributed by atoms with Gasteiger partial charge in [-0.3, -0.25) is 4.79 Å². The average Bonchev–Trinajstić information content (AvgIpc) is 2.71. The quantitative estimate of drug-likeness (QED) is 0.269. The molecule has 2 heterocycles. The molecule has 9 nitrogen and oxygen atoms in total. The monoisotopic (exact) mass is 439 g/mol. The van der Waals surface area contributed by atoms with Crippen LogP contribution in [0.15, 0.2) is 23.0 Å². The summed E-state index contributed by atoms with van der Waals surface area (Å²) in [5, 5.41) is 0.153. The number of aromatic amines is 1. The predicted octanol–water partition coefficient (Wildman–Crippen LogP) is 2.90. The molecule has 0 saturated carbocycles. The average molecular weight is 439 g/mol. The number of unbranched alkanes of at least 4 members (excludes halogenated alkanes) is 1. The summed E-state index contributed by atoms with van der Waals surface area (Å²) in [7, 11) is 1.17. The van der Waals surface area contributed by atoms with Crippen LogP contribution >= 0.6 is 0 Å². The Morgan fingerprint density at radius 2 is 1.87 bits per heavy atom. The number of H-pyrrole nitrogens is 1. The molecule has 0 bridgehead atoms. The fraction of sp³-hybridized carbons (Fsp3) is 0.316. The van der Waals surface area contributed by atoms with Crippen molar-refractivity contribution in [2.24, 2.45) is 0 Å². The van der Waals surface area contributed by atoms with Crippen molar-refractivity contribution in [3.05, 3.63) is 34.4 Å². The van der Waals surface area contributed by atoms with E-state index in [-0.39, 0.29) is 40.1 Å². The number of carbonyl (C=O) groups is 2. The van der Waals surface area contributed by atoms with E-state index < -0.39 is 29.4 Å². The normalized spacial score (nSPS) is 11.5. The third kappa shape index (κ3) is 4.73. The molecule has 2 aromatic heterocycles. The van der Waals surface area contributed by atoms with Crippen LogP contribution in [0.5, 0.6) is 11.5 Å². The number of nitrogens with one attached hydrogen (secondary N) is 1. The van der Waals surface area contributed by atoms with Gasteiger partial charge < -0.3 is 19.2 Å². The Balaban J connectivity index is 2.06. The number of benzene rings is 1. The van der Waals surface area contributed by atoms with Gasteiger partial charge >= 0.3 is 18.1 Å². The number of alkyl halides is 3. The number of pyridine rings is 1. The first kappa shape index (κ1) is 22.0. The van der Waals surface area contributed by atoms with Gasteiger partial charge in [-0.1, -0.05) is 13.3 Å². The zero-order valence-electron chi connectivity index (χ0n) is 16.3. The number of ether oxygens (including phenoxy) is 3. The van der Waals surface area contributed by atoms with Gasteiger partial charge in [-0.15, -0.1) is 0 Å². The first-order chi connectivity index (χ1) is 14.6. The molecule has 0 amide bonds. The second-order valence-electron chi connectivity index (χ2n) is 6.35. The van der Waals surface area contributed by atoms with Gasteiger partial charge in [0.25, 0.3) is 5.56 Å². The Bertz CT molecular complexity index is 1220. The van der Waals surface area contributed by atoms with Gasteiger partial charge in [-0.25, -0.2) is 19.6 Å². The van der Waals surface area contributed by atoms with Crippen LogP contribution in [0.2, 0.25) is 0 Å². The smallest absolute Gasteiger partial charge is 0.491 e. The summed E-state index contributed by atoms with van der Waals surface area (Å²) in [6.45, 7) is 2.08. The molecule has 0 saturated heterocycles. The van der Waals surface area contributed by atoms with Crippen molar-refractivity contribution in [2.75, 3.05) is 13.7 Å². The summed E-state index contributed by atoms with van der Waals surface area (Å²) >= 11 is 0. The molecule has 0 fully saturated rings. The summed E-state index contributed by atoms with van der Waals surface area (Å²) in [4.78, 5) is 46.1. The summed E-state index contributed by atoms with van der Waals surface area (Å²) < 4.78 is 51.9. The van der Waals surface area contributed by atoms with Crippen molar-refractivity contribution in [3.8, 4) is 11.5 Å². The third-order valence-electron chi connectivity index (χ3n) is 4.13. The van der Waals surface area contributed by atoms with E-state index >= 15 is 0 Å². The SMILES string of the molecule is CCCCOC(=O)c1nc2nc3cc(OC)c(OC(=O)C(F)(F)F)cc3cc2c(=O)[nH]1. The van der Waals surface area contributed by atoms with Crippen molar-refractivity contribution in [3.63, 3.8) is 0 Å². The number of hydrogen-bond donors (Lipinski definition) is 1. The molecule has 12 heteroatoms. The van der Waals surface area contributed by atoms with Gasteiger partial charge in [0, 0.05) is 11.5 Å². The Hall–Kier alpha value is -3.70. The van der Waals surface area contributed by atoms with Crippen molar-refractivity contribution in [1.82, 2.24) is 15.0 Å². The first-order valence-corrected chi connectivity index (χ1v) is 9.03. The van der Waals surface area contributed by atoms with Crippen LogP contribution in [0.25, 0.3) is 21.9 Å². The number of halogens is 3. The Morgan fingerprint density at radius 3 is 2.52 bits per heavy atom. The van der Waals surface area contributed by atoms with Crippen molar-refractivity contribution in [2.45, 2.75) is 25.9 Å². The molecule has 0 aliphatic heterocycles. The van der Waals surface area contributed by atoms with E-state index in [4.69, 9.17) is 9.47 Å².